The molecule has 0 radical (unpaired) electrons. The number of hydrogen-bond donors (Lipinski definition) is 1. The van der Waals surface area contributed by atoms with E-state index in [0.29, 0.717) is 5.92 Å². The molecule has 2 saturated carbocycles. The third-order valence-electron chi connectivity index (χ3n) is 6.80. The van der Waals surface area contributed by atoms with Crippen LogP contribution >= 0.6 is 0 Å². The van der Waals surface area contributed by atoms with Crippen LogP contribution in [0, 0.1) is 16.7 Å². The second-order valence-corrected chi connectivity index (χ2v) is 7.85. The Labute approximate surface area is 135 Å². The fourth-order valence-corrected chi connectivity index (χ4v) is 4.52. The van der Waals surface area contributed by atoms with Crippen LogP contribution in [-0.4, -0.2) is 26.5 Å². The third kappa shape index (κ3) is 1.96. The van der Waals surface area contributed by atoms with Crippen LogP contribution in [0.15, 0.2) is 14.6 Å². The molecule has 0 unspecified atom stereocenters. The van der Waals surface area contributed by atoms with Crippen LogP contribution in [-0.2, 0) is 14.1 Å². The normalized spacial score (nSPS) is 32.0. The fourth-order valence-electron chi connectivity index (χ4n) is 4.52. The average Bonchev–Trinajstić information content (AvgIpc) is 2.84. The molecule has 1 heterocycles. The molecule has 0 aromatic carbocycles. The van der Waals surface area contributed by atoms with Gasteiger partial charge in [0.15, 0.2) is 0 Å². The molecule has 1 aromatic heterocycles. The number of fused-ring (bicyclic) bond motifs is 2. The molecule has 23 heavy (non-hydrogen) atoms. The Morgan fingerprint density at radius 3 is 2.39 bits per heavy atom. The molecule has 2 bridgehead atoms. The van der Waals surface area contributed by atoms with E-state index in [1.165, 1.54) is 26.7 Å². The maximum Gasteiger partial charge on any atom is 0.333 e. The number of nitrogens with zero attached hydrogens (tertiary/aromatic N) is 3. The Kier molecular flexibility index (Phi) is 3.36. The van der Waals surface area contributed by atoms with Crippen molar-refractivity contribution in [3.05, 3.63) is 26.4 Å². The molecule has 126 valence electrons. The first-order valence-electron chi connectivity index (χ1n) is 8.13. The first kappa shape index (κ1) is 16.0. The first-order chi connectivity index (χ1) is 10.6. The molecule has 0 amide bonds. The van der Waals surface area contributed by atoms with Gasteiger partial charge in [0.2, 0.25) is 5.88 Å². The highest BCUT2D eigenvalue weighted by Crippen LogP contribution is 2.66. The molecule has 2 aliphatic carbocycles. The van der Waals surface area contributed by atoms with E-state index < -0.39 is 11.2 Å². The van der Waals surface area contributed by atoms with Crippen molar-refractivity contribution in [2.45, 2.75) is 46.1 Å². The number of rotatable bonds is 2. The average molecular weight is 319 g/mol. The lowest BCUT2D eigenvalue weighted by molar-refractivity contribution is 0.137. The van der Waals surface area contributed by atoms with Crippen molar-refractivity contribution < 1.29 is 5.11 Å². The first-order valence-corrected chi connectivity index (χ1v) is 8.13. The quantitative estimate of drug-likeness (QED) is 0.838. The Bertz CT molecular complexity index is 803. The van der Waals surface area contributed by atoms with Crippen molar-refractivity contribution in [2.24, 2.45) is 35.8 Å². The summed E-state index contributed by atoms with van der Waals surface area (Å²) in [5.74, 6) is 0.334. The Hall–Kier alpha value is -1.85. The minimum Gasteiger partial charge on any atom is -0.494 e. The molecule has 0 saturated heterocycles. The minimum atomic E-state index is -0.544. The maximum atomic E-state index is 12.2. The van der Waals surface area contributed by atoms with Crippen LogP contribution in [0.5, 0.6) is 5.88 Å². The smallest absolute Gasteiger partial charge is 0.333 e. The molecule has 3 rings (SSSR count). The molecule has 1 N–H and O–H groups in total. The zero-order valence-corrected chi connectivity index (χ0v) is 14.5. The molecule has 0 spiro atoms. The van der Waals surface area contributed by atoms with Gasteiger partial charge in [0, 0.05) is 20.3 Å². The van der Waals surface area contributed by atoms with Crippen molar-refractivity contribution in [1.82, 2.24) is 9.13 Å². The van der Waals surface area contributed by atoms with E-state index in [4.69, 9.17) is 0 Å². The lowest BCUT2D eigenvalue weighted by Crippen LogP contribution is -2.39. The molecule has 6 nitrogen and oxygen atoms in total. The van der Waals surface area contributed by atoms with Crippen LogP contribution < -0.4 is 11.2 Å². The summed E-state index contributed by atoms with van der Waals surface area (Å²) in [6.07, 6.45) is 4.86. The van der Waals surface area contributed by atoms with Crippen LogP contribution in [0.4, 0.5) is 0 Å². The van der Waals surface area contributed by atoms with Gasteiger partial charge in [-0.2, -0.15) is 0 Å². The van der Waals surface area contributed by atoms with Gasteiger partial charge < -0.3 is 5.11 Å². The molecule has 3 atom stereocenters. The van der Waals surface area contributed by atoms with Gasteiger partial charge in [-0.3, -0.25) is 18.9 Å². The Balaban J connectivity index is 2.01. The highest BCUT2D eigenvalue weighted by molar-refractivity contribution is 5.82. The second-order valence-electron chi connectivity index (χ2n) is 7.85. The standard InChI is InChI=1S/C17H25N3O3/c1-16(2)10-6-7-17(16,3)12(8-10)18-9-11-13(21)19(4)15(23)20(5)14(11)22/h9-10,12,21H,6-8H2,1-5H3/t10-,12+,17-/m0/s1. The van der Waals surface area contributed by atoms with Gasteiger partial charge in [0.1, 0.15) is 5.56 Å². The molecular formula is C17H25N3O3. The molecular weight excluding hydrogens is 294 g/mol. The van der Waals surface area contributed by atoms with Crippen molar-refractivity contribution in [3.8, 4) is 5.88 Å². The topological polar surface area (TPSA) is 76.6 Å². The SMILES string of the molecule is Cn1c(O)c(C=N[C@@H]2C[C@@H]3CC[C@]2(C)C3(C)C)c(=O)n(C)c1=O. The van der Waals surface area contributed by atoms with Crippen LogP contribution in [0.3, 0.4) is 0 Å². The molecule has 1 aromatic rings. The summed E-state index contributed by atoms with van der Waals surface area (Å²) < 4.78 is 2.06. The van der Waals surface area contributed by atoms with Gasteiger partial charge >= 0.3 is 5.69 Å². The van der Waals surface area contributed by atoms with Crippen LogP contribution in [0.25, 0.3) is 0 Å². The zero-order chi connectivity index (χ0) is 17.2. The summed E-state index contributed by atoms with van der Waals surface area (Å²) in [5.41, 5.74) is -0.611. The van der Waals surface area contributed by atoms with Gasteiger partial charge in [-0.05, 0) is 36.0 Å². The third-order valence-corrected chi connectivity index (χ3v) is 6.80. The predicted molar refractivity (Wildman–Crippen MR) is 89.2 cm³/mol. The number of hydrogen-bond acceptors (Lipinski definition) is 4. The Morgan fingerprint density at radius 1 is 1.22 bits per heavy atom. The van der Waals surface area contributed by atoms with E-state index in [1.807, 2.05) is 0 Å². The minimum absolute atomic E-state index is 0.0822. The molecule has 2 fully saturated rings. The predicted octanol–water partition coefficient (Wildman–Crippen LogP) is 1.42. The highest BCUT2D eigenvalue weighted by Gasteiger charge is 2.61. The lowest BCUT2D eigenvalue weighted by Gasteiger charge is -2.37. The van der Waals surface area contributed by atoms with Gasteiger partial charge in [0.05, 0.1) is 6.04 Å². The van der Waals surface area contributed by atoms with Gasteiger partial charge in [-0.1, -0.05) is 20.8 Å². The van der Waals surface area contributed by atoms with E-state index in [0.717, 1.165) is 22.0 Å². The monoisotopic (exact) mass is 319 g/mol. The number of aromatic hydroxyl groups is 1. The highest BCUT2D eigenvalue weighted by atomic mass is 16.3. The van der Waals surface area contributed by atoms with Crippen LogP contribution in [0.2, 0.25) is 0 Å². The summed E-state index contributed by atoms with van der Waals surface area (Å²) in [7, 11) is 2.85. The van der Waals surface area contributed by atoms with E-state index in [2.05, 4.69) is 25.8 Å². The summed E-state index contributed by atoms with van der Waals surface area (Å²) in [4.78, 5) is 28.7. The molecule has 6 heteroatoms. The fraction of sp³-hybridized carbons (Fsp3) is 0.706. The summed E-state index contributed by atoms with van der Waals surface area (Å²) in [6.45, 7) is 6.90. The molecule has 2 aliphatic rings. The second kappa shape index (κ2) is 4.82. The Morgan fingerprint density at radius 2 is 1.87 bits per heavy atom. The number of aromatic nitrogens is 2. The van der Waals surface area contributed by atoms with E-state index in [1.54, 1.807) is 0 Å². The van der Waals surface area contributed by atoms with E-state index in [9.17, 15) is 14.7 Å². The summed E-state index contributed by atoms with van der Waals surface area (Å²) >= 11 is 0. The number of aliphatic imine (C=N–C) groups is 1. The van der Waals surface area contributed by atoms with Crippen LogP contribution in [0.1, 0.15) is 45.6 Å². The van der Waals surface area contributed by atoms with E-state index >= 15 is 0 Å². The van der Waals surface area contributed by atoms with Crippen molar-refractivity contribution in [3.63, 3.8) is 0 Å². The van der Waals surface area contributed by atoms with Gasteiger partial charge in [-0.25, -0.2) is 4.79 Å². The summed E-state index contributed by atoms with van der Waals surface area (Å²) in [6, 6.07) is 0.151. The van der Waals surface area contributed by atoms with Crippen molar-refractivity contribution in [2.75, 3.05) is 0 Å². The molecule has 0 aliphatic heterocycles. The maximum absolute atomic E-state index is 12.2. The van der Waals surface area contributed by atoms with Gasteiger partial charge in [-0.15, -0.1) is 0 Å². The van der Waals surface area contributed by atoms with E-state index in [-0.39, 0.29) is 28.3 Å². The summed E-state index contributed by atoms with van der Waals surface area (Å²) in [5, 5.41) is 10.1. The van der Waals surface area contributed by atoms with Gasteiger partial charge in [0.25, 0.3) is 5.56 Å². The zero-order valence-electron chi connectivity index (χ0n) is 14.5. The lowest BCUT2D eigenvalue weighted by atomic mass is 9.69. The van der Waals surface area contributed by atoms with Crippen molar-refractivity contribution >= 4 is 6.21 Å². The largest absolute Gasteiger partial charge is 0.494 e. The van der Waals surface area contributed by atoms with Crippen molar-refractivity contribution in [1.29, 1.82) is 0 Å².